The van der Waals surface area contributed by atoms with Crippen molar-refractivity contribution in [2.24, 2.45) is 0 Å². The fourth-order valence-corrected chi connectivity index (χ4v) is 3.16. The van der Waals surface area contributed by atoms with Crippen LogP contribution < -0.4 is 15.4 Å². The number of nitro benzene ring substituents is 1. The number of carbonyl (C=O) groups excluding carboxylic acids is 1. The van der Waals surface area contributed by atoms with Crippen molar-refractivity contribution in [3.63, 3.8) is 0 Å². The summed E-state index contributed by atoms with van der Waals surface area (Å²) in [7, 11) is 0. The molecule has 8 nitrogen and oxygen atoms in total. The van der Waals surface area contributed by atoms with Crippen LogP contribution in [-0.2, 0) is 0 Å². The lowest BCUT2D eigenvalue weighted by Crippen LogP contribution is -2.48. The first-order chi connectivity index (χ1) is 13.0. The number of hydrogen-bond donors (Lipinski definition) is 1. The SMILES string of the molecule is CCOc1ccccc1N1CCN(C(=O)c2ccc(N)c([N+](=O)[O-])c2)CC1. The van der Waals surface area contributed by atoms with E-state index in [-0.39, 0.29) is 22.8 Å². The maximum atomic E-state index is 12.7. The zero-order valence-electron chi connectivity index (χ0n) is 15.1. The van der Waals surface area contributed by atoms with Crippen LogP contribution >= 0.6 is 0 Å². The molecule has 0 spiro atoms. The number of benzene rings is 2. The average Bonchev–Trinajstić information content (AvgIpc) is 2.68. The molecule has 0 saturated carbocycles. The Morgan fingerprint density at radius 1 is 1.19 bits per heavy atom. The lowest BCUT2D eigenvalue weighted by molar-refractivity contribution is -0.383. The van der Waals surface area contributed by atoms with Crippen LogP contribution in [0.4, 0.5) is 17.1 Å². The lowest BCUT2D eigenvalue weighted by Gasteiger charge is -2.36. The highest BCUT2D eigenvalue weighted by Crippen LogP contribution is 2.29. The second-order valence-electron chi connectivity index (χ2n) is 6.21. The highest BCUT2D eigenvalue weighted by molar-refractivity contribution is 5.95. The number of para-hydroxylation sites is 2. The molecule has 0 aliphatic carbocycles. The Kier molecular flexibility index (Phi) is 5.44. The van der Waals surface area contributed by atoms with E-state index in [1.54, 1.807) is 4.90 Å². The van der Waals surface area contributed by atoms with Gasteiger partial charge in [-0.3, -0.25) is 14.9 Å². The standard InChI is InChI=1S/C19H22N4O4/c1-2-27-18-6-4-3-5-16(18)21-9-11-22(12-10-21)19(24)14-7-8-15(20)17(13-14)23(25)26/h3-8,13H,2,9-12,20H2,1H3. The molecule has 1 heterocycles. The first-order valence-corrected chi connectivity index (χ1v) is 8.81. The highest BCUT2D eigenvalue weighted by Gasteiger charge is 2.25. The second-order valence-corrected chi connectivity index (χ2v) is 6.21. The predicted molar refractivity (Wildman–Crippen MR) is 103 cm³/mol. The number of anilines is 2. The fraction of sp³-hybridized carbons (Fsp3) is 0.316. The van der Waals surface area contributed by atoms with Crippen LogP contribution in [0, 0.1) is 10.1 Å². The van der Waals surface area contributed by atoms with Gasteiger partial charge in [0.1, 0.15) is 11.4 Å². The maximum absolute atomic E-state index is 12.7. The molecule has 0 radical (unpaired) electrons. The van der Waals surface area contributed by atoms with Crippen LogP contribution in [0.15, 0.2) is 42.5 Å². The van der Waals surface area contributed by atoms with Gasteiger partial charge in [-0.2, -0.15) is 0 Å². The van der Waals surface area contributed by atoms with Gasteiger partial charge in [-0.15, -0.1) is 0 Å². The minimum atomic E-state index is -0.575. The van der Waals surface area contributed by atoms with Gasteiger partial charge < -0.3 is 20.3 Å². The summed E-state index contributed by atoms with van der Waals surface area (Å²) in [6.45, 7) is 4.90. The van der Waals surface area contributed by atoms with Crippen LogP contribution in [0.5, 0.6) is 5.75 Å². The van der Waals surface area contributed by atoms with Crippen LogP contribution in [0.25, 0.3) is 0 Å². The van der Waals surface area contributed by atoms with E-state index in [1.807, 2.05) is 31.2 Å². The molecule has 0 unspecified atom stereocenters. The smallest absolute Gasteiger partial charge is 0.292 e. The zero-order chi connectivity index (χ0) is 19.4. The summed E-state index contributed by atoms with van der Waals surface area (Å²) in [6, 6.07) is 12.0. The van der Waals surface area contributed by atoms with Gasteiger partial charge in [0.05, 0.1) is 17.2 Å². The minimum absolute atomic E-state index is 0.0499. The molecule has 0 bridgehead atoms. The maximum Gasteiger partial charge on any atom is 0.292 e. The van der Waals surface area contributed by atoms with Crippen LogP contribution in [0.2, 0.25) is 0 Å². The molecule has 2 N–H and O–H groups in total. The van der Waals surface area contributed by atoms with E-state index in [0.717, 1.165) is 11.4 Å². The number of amides is 1. The van der Waals surface area contributed by atoms with E-state index in [4.69, 9.17) is 10.5 Å². The first-order valence-electron chi connectivity index (χ1n) is 8.81. The van der Waals surface area contributed by atoms with Gasteiger partial charge in [-0.1, -0.05) is 12.1 Å². The molecule has 1 aliphatic rings. The van der Waals surface area contributed by atoms with Crippen molar-refractivity contribution in [2.45, 2.75) is 6.92 Å². The molecule has 2 aromatic carbocycles. The van der Waals surface area contributed by atoms with E-state index in [9.17, 15) is 14.9 Å². The minimum Gasteiger partial charge on any atom is -0.492 e. The number of nitro groups is 1. The Bertz CT molecular complexity index is 847. The topological polar surface area (TPSA) is 102 Å². The van der Waals surface area contributed by atoms with E-state index >= 15 is 0 Å². The van der Waals surface area contributed by atoms with Crippen LogP contribution in [-0.4, -0.2) is 48.5 Å². The summed E-state index contributed by atoms with van der Waals surface area (Å²) >= 11 is 0. The predicted octanol–water partition coefficient (Wildman–Crippen LogP) is 2.54. The second kappa shape index (κ2) is 7.94. The number of ether oxygens (including phenoxy) is 1. The van der Waals surface area contributed by atoms with Gasteiger partial charge in [0.15, 0.2) is 0 Å². The summed E-state index contributed by atoms with van der Waals surface area (Å²) in [4.78, 5) is 27.1. The van der Waals surface area contributed by atoms with Gasteiger partial charge in [0.25, 0.3) is 11.6 Å². The summed E-state index contributed by atoms with van der Waals surface area (Å²) in [5.74, 6) is 0.602. The fourth-order valence-electron chi connectivity index (χ4n) is 3.16. The summed E-state index contributed by atoms with van der Waals surface area (Å²) in [5.41, 5.74) is 6.70. The van der Waals surface area contributed by atoms with Crippen molar-refractivity contribution >= 4 is 23.0 Å². The molecule has 0 aromatic heterocycles. The summed E-state index contributed by atoms with van der Waals surface area (Å²) in [6.07, 6.45) is 0. The molecule has 8 heteroatoms. The third kappa shape index (κ3) is 3.94. The Morgan fingerprint density at radius 3 is 2.56 bits per heavy atom. The Balaban J connectivity index is 1.70. The molecule has 1 saturated heterocycles. The number of carbonyl (C=O) groups is 1. The van der Waals surface area contributed by atoms with Gasteiger partial charge in [-0.25, -0.2) is 0 Å². The van der Waals surface area contributed by atoms with E-state index in [2.05, 4.69) is 4.90 Å². The molecule has 0 atom stereocenters. The van der Waals surface area contributed by atoms with Gasteiger partial charge in [0.2, 0.25) is 0 Å². The van der Waals surface area contributed by atoms with Crippen molar-refractivity contribution < 1.29 is 14.5 Å². The summed E-state index contributed by atoms with van der Waals surface area (Å²) < 4.78 is 5.68. The monoisotopic (exact) mass is 370 g/mol. The van der Waals surface area contributed by atoms with Crippen molar-refractivity contribution in [1.29, 1.82) is 0 Å². The van der Waals surface area contributed by atoms with Crippen molar-refractivity contribution in [1.82, 2.24) is 4.90 Å². The molecule has 1 fully saturated rings. The number of nitrogen functional groups attached to an aromatic ring is 1. The quantitative estimate of drug-likeness (QED) is 0.493. The Hall–Kier alpha value is -3.29. The third-order valence-electron chi connectivity index (χ3n) is 4.55. The lowest BCUT2D eigenvalue weighted by atomic mass is 10.1. The summed E-state index contributed by atoms with van der Waals surface area (Å²) in [5, 5.41) is 11.0. The van der Waals surface area contributed by atoms with Crippen LogP contribution in [0.3, 0.4) is 0 Å². The van der Waals surface area contributed by atoms with Crippen molar-refractivity contribution in [3.05, 3.63) is 58.1 Å². The van der Waals surface area contributed by atoms with Gasteiger partial charge in [-0.05, 0) is 31.2 Å². The third-order valence-corrected chi connectivity index (χ3v) is 4.55. The van der Waals surface area contributed by atoms with Crippen molar-refractivity contribution in [3.8, 4) is 5.75 Å². The number of nitrogens with zero attached hydrogens (tertiary/aromatic N) is 3. The Labute approximate surface area is 157 Å². The normalized spacial score (nSPS) is 14.1. The first kappa shape index (κ1) is 18.5. The number of rotatable bonds is 5. The number of hydrogen-bond acceptors (Lipinski definition) is 6. The van der Waals surface area contributed by atoms with Gasteiger partial charge in [0, 0.05) is 37.8 Å². The van der Waals surface area contributed by atoms with E-state index in [1.165, 1.54) is 18.2 Å². The molecule has 2 aromatic rings. The van der Waals surface area contributed by atoms with E-state index < -0.39 is 4.92 Å². The molecule has 27 heavy (non-hydrogen) atoms. The molecule has 1 aliphatic heterocycles. The zero-order valence-corrected chi connectivity index (χ0v) is 15.1. The van der Waals surface area contributed by atoms with Gasteiger partial charge >= 0.3 is 0 Å². The molecular formula is C19H22N4O4. The molecule has 1 amide bonds. The highest BCUT2D eigenvalue weighted by atomic mass is 16.6. The Morgan fingerprint density at radius 2 is 1.89 bits per heavy atom. The van der Waals surface area contributed by atoms with E-state index in [0.29, 0.717) is 32.8 Å². The van der Waals surface area contributed by atoms with Crippen LogP contribution in [0.1, 0.15) is 17.3 Å². The molecule has 3 rings (SSSR count). The number of nitrogens with two attached hydrogens (primary N) is 1. The number of piperazine rings is 1. The average molecular weight is 370 g/mol. The molecular weight excluding hydrogens is 348 g/mol. The molecule has 142 valence electrons. The largest absolute Gasteiger partial charge is 0.492 e. The van der Waals surface area contributed by atoms with Crippen molar-refractivity contribution in [2.75, 3.05) is 43.4 Å².